The Balaban J connectivity index is 1.36. The maximum atomic E-state index is 11.4. The van der Waals surface area contributed by atoms with Crippen molar-refractivity contribution in [3.63, 3.8) is 0 Å². The first-order chi connectivity index (χ1) is 18.8. The molecule has 39 heavy (non-hydrogen) atoms. The summed E-state index contributed by atoms with van der Waals surface area (Å²) in [7, 11) is 0. The fourth-order valence-electron chi connectivity index (χ4n) is 5.88. The van der Waals surface area contributed by atoms with Crippen molar-refractivity contribution in [1.82, 2.24) is 4.98 Å². The lowest BCUT2D eigenvalue weighted by molar-refractivity contribution is -0.135. The number of hydrogen-bond donors (Lipinski definition) is 2. The SMILES string of the molecule is C=C(CC(=O)O)c1ccc2c(c1)/C(=C/CCC1CCCC(O)(c3ccc(Cl)cc3)CC1)c1cccnc1CO2. The highest BCUT2D eigenvalue weighted by atomic mass is 35.5. The van der Waals surface area contributed by atoms with Crippen molar-refractivity contribution in [2.45, 2.75) is 63.6 Å². The van der Waals surface area contributed by atoms with E-state index in [1.54, 1.807) is 6.20 Å². The van der Waals surface area contributed by atoms with E-state index in [1.807, 2.05) is 48.5 Å². The van der Waals surface area contributed by atoms with Gasteiger partial charge in [0.1, 0.15) is 12.4 Å². The van der Waals surface area contributed by atoms with Crippen LogP contribution in [-0.2, 0) is 17.0 Å². The van der Waals surface area contributed by atoms with Gasteiger partial charge in [-0.25, -0.2) is 0 Å². The minimum atomic E-state index is -0.900. The first-order valence-electron chi connectivity index (χ1n) is 13.6. The molecule has 2 aromatic carbocycles. The number of aromatic nitrogens is 1. The van der Waals surface area contributed by atoms with Crippen LogP contribution in [0.15, 0.2) is 73.4 Å². The average molecular weight is 544 g/mol. The smallest absolute Gasteiger partial charge is 0.307 e. The van der Waals surface area contributed by atoms with Gasteiger partial charge in [-0.3, -0.25) is 9.78 Å². The molecule has 3 aromatic rings. The van der Waals surface area contributed by atoms with E-state index in [0.717, 1.165) is 84.2 Å². The Bertz CT molecular complexity index is 1400. The Morgan fingerprint density at radius 3 is 2.74 bits per heavy atom. The van der Waals surface area contributed by atoms with Crippen LogP contribution in [0.5, 0.6) is 5.75 Å². The van der Waals surface area contributed by atoms with Crippen LogP contribution < -0.4 is 4.74 Å². The molecule has 0 bridgehead atoms. The fraction of sp³-hybridized carbons (Fsp3) is 0.333. The standard InChI is InChI=1S/C33H34ClNO4/c1-22(19-32(36)37)24-9-14-31-29(20-24)27(28-8-4-18-35-30(28)21-39-31)7-2-5-23-6-3-16-33(38,17-15-23)25-10-12-26(34)13-11-25/h4,7-14,18,20,23,38H,1-3,5-6,15-17,19,21H2,(H,36,37)/b27-7+. The van der Waals surface area contributed by atoms with Gasteiger partial charge in [-0.1, -0.05) is 54.9 Å². The molecule has 1 fully saturated rings. The Labute approximate surface area is 234 Å². The molecule has 1 aromatic heterocycles. The van der Waals surface area contributed by atoms with Gasteiger partial charge in [-0.05, 0) is 97.0 Å². The monoisotopic (exact) mass is 543 g/mol. The molecule has 0 saturated heterocycles. The summed E-state index contributed by atoms with van der Waals surface area (Å²) in [6, 6.07) is 17.4. The molecule has 0 radical (unpaired) electrons. The highest BCUT2D eigenvalue weighted by molar-refractivity contribution is 6.30. The molecule has 2 aliphatic rings. The third kappa shape index (κ3) is 6.26. The number of halogens is 1. The number of pyridine rings is 1. The topological polar surface area (TPSA) is 79.7 Å². The molecule has 2 atom stereocenters. The molecule has 1 saturated carbocycles. The van der Waals surface area contributed by atoms with Crippen LogP contribution in [0.1, 0.15) is 79.3 Å². The Morgan fingerprint density at radius 2 is 1.95 bits per heavy atom. The van der Waals surface area contributed by atoms with Crippen molar-refractivity contribution in [2.75, 3.05) is 0 Å². The largest absolute Gasteiger partial charge is 0.487 e. The summed E-state index contributed by atoms with van der Waals surface area (Å²) < 4.78 is 6.12. The number of carbonyl (C=O) groups is 1. The number of carboxylic acids is 1. The van der Waals surface area contributed by atoms with Gasteiger partial charge >= 0.3 is 5.97 Å². The molecule has 0 spiro atoms. The van der Waals surface area contributed by atoms with Crippen molar-refractivity contribution >= 4 is 28.7 Å². The molecular weight excluding hydrogens is 510 g/mol. The van der Waals surface area contributed by atoms with Crippen molar-refractivity contribution in [3.05, 3.63) is 106 Å². The van der Waals surface area contributed by atoms with Gasteiger partial charge in [0.2, 0.25) is 0 Å². The lowest BCUT2D eigenvalue weighted by atomic mass is 9.86. The lowest BCUT2D eigenvalue weighted by Gasteiger charge is -2.27. The first kappa shape index (κ1) is 27.2. The van der Waals surface area contributed by atoms with E-state index in [4.69, 9.17) is 16.3 Å². The van der Waals surface area contributed by atoms with Gasteiger partial charge < -0.3 is 14.9 Å². The zero-order valence-corrected chi connectivity index (χ0v) is 22.8. The van der Waals surface area contributed by atoms with E-state index in [9.17, 15) is 15.0 Å². The molecule has 2 heterocycles. The summed E-state index contributed by atoms with van der Waals surface area (Å²) in [6.45, 7) is 4.37. The van der Waals surface area contributed by atoms with Gasteiger partial charge in [-0.15, -0.1) is 0 Å². The number of aliphatic hydroxyl groups is 1. The quantitative estimate of drug-likeness (QED) is 0.297. The van der Waals surface area contributed by atoms with Gasteiger partial charge in [0.05, 0.1) is 17.7 Å². The molecule has 0 amide bonds. The number of carboxylic acid groups (broad SMARTS) is 1. The summed E-state index contributed by atoms with van der Waals surface area (Å²) in [4.78, 5) is 15.9. The van der Waals surface area contributed by atoms with E-state index in [0.29, 0.717) is 23.1 Å². The van der Waals surface area contributed by atoms with Crippen LogP contribution in [0.3, 0.4) is 0 Å². The van der Waals surface area contributed by atoms with Crippen molar-refractivity contribution in [1.29, 1.82) is 0 Å². The minimum absolute atomic E-state index is 0.110. The third-order valence-corrected chi connectivity index (χ3v) is 8.31. The fourth-order valence-corrected chi connectivity index (χ4v) is 6.00. The molecule has 6 heteroatoms. The maximum absolute atomic E-state index is 11.4. The predicted molar refractivity (Wildman–Crippen MR) is 155 cm³/mol. The minimum Gasteiger partial charge on any atom is -0.487 e. The summed E-state index contributed by atoms with van der Waals surface area (Å²) in [5, 5.41) is 21.4. The molecular formula is C33H34ClNO4. The number of fused-ring (bicyclic) bond motifs is 2. The second-order valence-corrected chi connectivity index (χ2v) is 11.1. The summed E-state index contributed by atoms with van der Waals surface area (Å²) in [5.41, 5.74) is 5.42. The van der Waals surface area contributed by atoms with Crippen LogP contribution in [0.2, 0.25) is 5.02 Å². The number of benzene rings is 2. The maximum Gasteiger partial charge on any atom is 0.307 e. The van der Waals surface area contributed by atoms with Crippen molar-refractivity contribution in [2.24, 2.45) is 5.92 Å². The Morgan fingerprint density at radius 1 is 1.13 bits per heavy atom. The van der Waals surface area contributed by atoms with Crippen LogP contribution in [0.25, 0.3) is 11.1 Å². The van der Waals surface area contributed by atoms with Crippen LogP contribution in [-0.4, -0.2) is 21.2 Å². The molecule has 1 aliphatic heterocycles. The second-order valence-electron chi connectivity index (χ2n) is 10.7. The number of nitrogens with zero attached hydrogens (tertiary/aromatic N) is 1. The van der Waals surface area contributed by atoms with E-state index < -0.39 is 11.6 Å². The second kappa shape index (κ2) is 11.8. The molecule has 202 valence electrons. The predicted octanol–water partition coefficient (Wildman–Crippen LogP) is 7.80. The average Bonchev–Trinajstić information content (AvgIpc) is 3.21. The van der Waals surface area contributed by atoms with Gasteiger partial charge in [0, 0.05) is 22.3 Å². The zero-order chi connectivity index (χ0) is 27.4. The summed E-state index contributed by atoms with van der Waals surface area (Å²) >= 11 is 6.06. The van der Waals surface area contributed by atoms with Crippen LogP contribution >= 0.6 is 11.6 Å². The number of allylic oxidation sites excluding steroid dienone is 1. The summed E-state index contributed by atoms with van der Waals surface area (Å²) in [5.74, 6) is 0.385. The van der Waals surface area contributed by atoms with E-state index >= 15 is 0 Å². The van der Waals surface area contributed by atoms with E-state index in [1.165, 1.54) is 0 Å². The highest BCUT2D eigenvalue weighted by Crippen LogP contribution is 2.41. The molecule has 5 nitrogen and oxygen atoms in total. The van der Waals surface area contributed by atoms with E-state index in [2.05, 4.69) is 23.7 Å². The zero-order valence-electron chi connectivity index (χ0n) is 22.0. The number of ether oxygens (including phenoxy) is 1. The van der Waals surface area contributed by atoms with Gasteiger partial charge in [0.15, 0.2) is 0 Å². The summed E-state index contributed by atoms with van der Waals surface area (Å²) in [6.07, 6.45) is 10.4. The normalized spacial score (nSPS) is 21.7. The number of hydrogen-bond acceptors (Lipinski definition) is 4. The van der Waals surface area contributed by atoms with Crippen LogP contribution in [0, 0.1) is 5.92 Å². The van der Waals surface area contributed by atoms with Crippen molar-refractivity contribution in [3.8, 4) is 5.75 Å². The Hall–Kier alpha value is -3.41. The molecule has 2 unspecified atom stereocenters. The van der Waals surface area contributed by atoms with Crippen molar-refractivity contribution < 1.29 is 19.7 Å². The molecule has 1 aliphatic carbocycles. The van der Waals surface area contributed by atoms with Crippen LogP contribution in [0.4, 0.5) is 0 Å². The lowest BCUT2D eigenvalue weighted by Crippen LogP contribution is -2.24. The molecule has 5 rings (SSSR count). The highest BCUT2D eigenvalue weighted by Gasteiger charge is 2.32. The number of rotatable bonds is 7. The number of aliphatic carboxylic acids is 1. The third-order valence-electron chi connectivity index (χ3n) is 8.06. The van der Waals surface area contributed by atoms with E-state index in [-0.39, 0.29) is 6.42 Å². The van der Waals surface area contributed by atoms with Gasteiger partial charge in [0.25, 0.3) is 0 Å². The molecule has 2 N–H and O–H groups in total. The Kier molecular flexibility index (Phi) is 8.20. The first-order valence-corrected chi connectivity index (χ1v) is 14.0. The van der Waals surface area contributed by atoms with Gasteiger partial charge in [-0.2, -0.15) is 0 Å².